The van der Waals surface area contributed by atoms with Gasteiger partial charge in [-0.1, -0.05) is 11.6 Å². The predicted octanol–water partition coefficient (Wildman–Crippen LogP) is 4.04. The molecule has 6 heteroatoms. The van der Waals surface area contributed by atoms with Crippen LogP contribution in [0.25, 0.3) is 0 Å². The van der Waals surface area contributed by atoms with Gasteiger partial charge in [0.05, 0.1) is 12.1 Å². The standard InChI is InChI=1S/C16H21ClN4O/c1-10(2)19-16-18-9-11(3)15(20-16)21(4)12-6-7-13(17)14(8-12)22-5/h6-10H,1-5H3,(H,18,19,20). The second kappa shape index (κ2) is 6.83. The zero-order chi connectivity index (χ0) is 16.3. The van der Waals surface area contributed by atoms with Crippen LogP contribution >= 0.6 is 11.6 Å². The first-order chi connectivity index (χ1) is 10.4. The second-order valence-corrected chi connectivity index (χ2v) is 5.78. The molecule has 0 radical (unpaired) electrons. The van der Waals surface area contributed by atoms with E-state index >= 15 is 0 Å². The van der Waals surface area contributed by atoms with Gasteiger partial charge in [0.25, 0.3) is 0 Å². The summed E-state index contributed by atoms with van der Waals surface area (Å²) in [4.78, 5) is 10.9. The van der Waals surface area contributed by atoms with E-state index in [1.165, 1.54) is 0 Å². The quantitative estimate of drug-likeness (QED) is 0.901. The molecule has 0 bridgehead atoms. The van der Waals surface area contributed by atoms with Crippen molar-refractivity contribution < 1.29 is 4.74 Å². The van der Waals surface area contributed by atoms with Crippen LogP contribution in [-0.4, -0.2) is 30.2 Å². The van der Waals surface area contributed by atoms with Crippen molar-refractivity contribution in [2.75, 3.05) is 24.4 Å². The summed E-state index contributed by atoms with van der Waals surface area (Å²) in [6.07, 6.45) is 1.82. The molecule has 0 atom stereocenters. The lowest BCUT2D eigenvalue weighted by Gasteiger charge is -2.22. The van der Waals surface area contributed by atoms with Crippen molar-refractivity contribution in [1.29, 1.82) is 0 Å². The maximum absolute atomic E-state index is 6.08. The number of nitrogens with zero attached hydrogens (tertiary/aromatic N) is 3. The van der Waals surface area contributed by atoms with Gasteiger partial charge in [-0.3, -0.25) is 0 Å². The van der Waals surface area contributed by atoms with Crippen LogP contribution in [0.2, 0.25) is 5.02 Å². The lowest BCUT2D eigenvalue weighted by molar-refractivity contribution is 0.415. The topological polar surface area (TPSA) is 50.3 Å². The number of nitrogens with one attached hydrogen (secondary N) is 1. The number of rotatable bonds is 5. The highest BCUT2D eigenvalue weighted by Gasteiger charge is 2.13. The molecule has 0 amide bonds. The Bertz CT molecular complexity index is 661. The van der Waals surface area contributed by atoms with Gasteiger partial charge in [0.1, 0.15) is 11.6 Å². The van der Waals surface area contributed by atoms with Crippen LogP contribution < -0.4 is 15.0 Å². The van der Waals surface area contributed by atoms with Crippen LogP contribution in [0, 0.1) is 6.92 Å². The first-order valence-corrected chi connectivity index (χ1v) is 7.47. The number of aromatic nitrogens is 2. The number of benzene rings is 1. The van der Waals surface area contributed by atoms with E-state index in [0.717, 1.165) is 17.1 Å². The van der Waals surface area contributed by atoms with E-state index in [4.69, 9.17) is 16.3 Å². The molecule has 22 heavy (non-hydrogen) atoms. The minimum absolute atomic E-state index is 0.275. The van der Waals surface area contributed by atoms with Crippen LogP contribution in [0.15, 0.2) is 24.4 Å². The number of ether oxygens (including phenoxy) is 1. The smallest absolute Gasteiger partial charge is 0.224 e. The number of methoxy groups -OCH3 is 1. The molecule has 5 nitrogen and oxygen atoms in total. The highest BCUT2D eigenvalue weighted by atomic mass is 35.5. The third kappa shape index (κ3) is 3.60. The maximum atomic E-state index is 6.08. The van der Waals surface area contributed by atoms with Gasteiger partial charge in [-0.2, -0.15) is 4.98 Å². The highest BCUT2D eigenvalue weighted by Crippen LogP contribution is 2.32. The van der Waals surface area contributed by atoms with Crippen molar-refractivity contribution in [3.8, 4) is 5.75 Å². The van der Waals surface area contributed by atoms with E-state index in [1.54, 1.807) is 7.11 Å². The Morgan fingerprint density at radius 3 is 2.68 bits per heavy atom. The second-order valence-electron chi connectivity index (χ2n) is 5.38. The molecule has 0 saturated carbocycles. The van der Waals surface area contributed by atoms with Crippen molar-refractivity contribution in [1.82, 2.24) is 9.97 Å². The molecule has 0 unspecified atom stereocenters. The van der Waals surface area contributed by atoms with E-state index < -0.39 is 0 Å². The number of hydrogen-bond donors (Lipinski definition) is 1. The molecule has 0 aliphatic carbocycles. The largest absolute Gasteiger partial charge is 0.495 e. The summed E-state index contributed by atoms with van der Waals surface area (Å²) in [7, 11) is 3.56. The van der Waals surface area contributed by atoms with Gasteiger partial charge in [-0.05, 0) is 32.9 Å². The minimum Gasteiger partial charge on any atom is -0.495 e. The molecule has 118 valence electrons. The Morgan fingerprint density at radius 1 is 1.32 bits per heavy atom. The van der Waals surface area contributed by atoms with Crippen molar-refractivity contribution in [3.05, 3.63) is 35.0 Å². The van der Waals surface area contributed by atoms with Crippen molar-refractivity contribution >= 4 is 29.1 Å². The van der Waals surface area contributed by atoms with Gasteiger partial charge in [0, 0.05) is 36.6 Å². The van der Waals surface area contributed by atoms with Crippen LogP contribution in [0.4, 0.5) is 17.5 Å². The Balaban J connectivity index is 2.37. The Hall–Kier alpha value is -2.01. The first kappa shape index (κ1) is 16.4. The molecular weight excluding hydrogens is 300 g/mol. The minimum atomic E-state index is 0.275. The predicted molar refractivity (Wildman–Crippen MR) is 91.6 cm³/mol. The number of aryl methyl sites for hydroxylation is 1. The van der Waals surface area contributed by atoms with E-state index in [1.807, 2.05) is 43.3 Å². The van der Waals surface area contributed by atoms with Crippen LogP contribution in [0.3, 0.4) is 0 Å². The third-order valence-electron chi connectivity index (χ3n) is 3.20. The molecule has 1 aromatic carbocycles. The Morgan fingerprint density at radius 2 is 2.05 bits per heavy atom. The molecule has 1 heterocycles. The monoisotopic (exact) mass is 320 g/mol. The fourth-order valence-electron chi connectivity index (χ4n) is 2.08. The van der Waals surface area contributed by atoms with Crippen LogP contribution in [-0.2, 0) is 0 Å². The summed E-state index contributed by atoms with van der Waals surface area (Å²) < 4.78 is 5.27. The molecular formula is C16H21ClN4O. The summed E-state index contributed by atoms with van der Waals surface area (Å²) in [6.45, 7) is 6.09. The fourth-order valence-corrected chi connectivity index (χ4v) is 2.27. The van der Waals surface area contributed by atoms with Crippen molar-refractivity contribution in [2.24, 2.45) is 0 Å². The van der Waals surface area contributed by atoms with Gasteiger partial charge in [0.2, 0.25) is 5.95 Å². The fraction of sp³-hybridized carbons (Fsp3) is 0.375. The SMILES string of the molecule is COc1cc(N(C)c2nc(NC(C)C)ncc2C)ccc1Cl. The van der Waals surface area contributed by atoms with E-state index in [2.05, 4.69) is 29.1 Å². The van der Waals surface area contributed by atoms with E-state index in [9.17, 15) is 0 Å². The molecule has 0 spiro atoms. The van der Waals surface area contributed by atoms with E-state index in [0.29, 0.717) is 16.7 Å². The first-order valence-electron chi connectivity index (χ1n) is 7.09. The summed E-state index contributed by atoms with van der Waals surface area (Å²) in [5, 5.41) is 3.80. The molecule has 0 aliphatic heterocycles. The lowest BCUT2D eigenvalue weighted by atomic mass is 10.2. The average Bonchev–Trinajstić information content (AvgIpc) is 2.48. The van der Waals surface area contributed by atoms with Gasteiger partial charge in [-0.25, -0.2) is 4.98 Å². The molecule has 1 N–H and O–H groups in total. The number of anilines is 3. The van der Waals surface area contributed by atoms with Gasteiger partial charge in [-0.15, -0.1) is 0 Å². The lowest BCUT2D eigenvalue weighted by Crippen LogP contribution is -2.17. The van der Waals surface area contributed by atoms with Crippen LogP contribution in [0.5, 0.6) is 5.75 Å². The van der Waals surface area contributed by atoms with Gasteiger partial charge in [0.15, 0.2) is 0 Å². The number of halogens is 1. The summed E-state index contributed by atoms with van der Waals surface area (Å²) in [5.41, 5.74) is 1.93. The zero-order valence-corrected chi connectivity index (χ0v) is 14.3. The molecule has 2 aromatic rings. The molecule has 2 rings (SSSR count). The summed E-state index contributed by atoms with van der Waals surface area (Å²) in [5.74, 6) is 2.09. The maximum Gasteiger partial charge on any atom is 0.224 e. The van der Waals surface area contributed by atoms with Gasteiger partial charge < -0.3 is 15.0 Å². The third-order valence-corrected chi connectivity index (χ3v) is 3.51. The van der Waals surface area contributed by atoms with E-state index in [-0.39, 0.29) is 6.04 Å². The molecule has 0 fully saturated rings. The zero-order valence-electron chi connectivity index (χ0n) is 13.5. The summed E-state index contributed by atoms with van der Waals surface area (Å²) >= 11 is 6.08. The summed E-state index contributed by atoms with van der Waals surface area (Å²) in [6, 6.07) is 5.91. The van der Waals surface area contributed by atoms with Crippen molar-refractivity contribution in [2.45, 2.75) is 26.8 Å². The normalized spacial score (nSPS) is 10.7. The Labute approximate surface area is 136 Å². The highest BCUT2D eigenvalue weighted by molar-refractivity contribution is 6.32. The Kier molecular flexibility index (Phi) is 5.08. The molecule has 0 aliphatic rings. The molecule has 0 saturated heterocycles. The van der Waals surface area contributed by atoms with Gasteiger partial charge >= 0.3 is 0 Å². The average molecular weight is 321 g/mol. The molecule has 1 aromatic heterocycles. The van der Waals surface area contributed by atoms with Crippen molar-refractivity contribution in [3.63, 3.8) is 0 Å². The number of hydrogen-bond acceptors (Lipinski definition) is 5. The van der Waals surface area contributed by atoms with Crippen LogP contribution in [0.1, 0.15) is 19.4 Å².